The van der Waals surface area contributed by atoms with Crippen molar-refractivity contribution in [2.75, 3.05) is 23.3 Å². The van der Waals surface area contributed by atoms with Gasteiger partial charge < -0.3 is 15.0 Å². The molecule has 0 saturated carbocycles. The lowest BCUT2D eigenvalue weighted by Gasteiger charge is -2.33. The van der Waals surface area contributed by atoms with Gasteiger partial charge in [-0.25, -0.2) is 4.98 Å². The van der Waals surface area contributed by atoms with E-state index in [1.807, 2.05) is 6.92 Å². The van der Waals surface area contributed by atoms with Gasteiger partial charge in [0.05, 0.1) is 12.3 Å². The zero-order chi connectivity index (χ0) is 16.5. The molecule has 2 aromatic rings. The Kier molecular flexibility index (Phi) is 4.11. The van der Waals surface area contributed by atoms with Crippen LogP contribution in [0.5, 0.6) is 0 Å². The molecular weight excluding hydrogens is 328 g/mol. The first-order chi connectivity index (χ1) is 11.7. The Morgan fingerprint density at radius 3 is 3.08 bits per heavy atom. The van der Waals surface area contributed by atoms with Crippen molar-refractivity contribution in [1.29, 1.82) is 0 Å². The van der Waals surface area contributed by atoms with Crippen molar-refractivity contribution in [1.82, 2.24) is 20.2 Å². The predicted octanol–water partition coefficient (Wildman–Crippen LogP) is 1.26. The summed E-state index contributed by atoms with van der Waals surface area (Å²) in [5.41, 5.74) is 0. The molecule has 0 bridgehead atoms. The van der Waals surface area contributed by atoms with Gasteiger partial charge in [-0.2, -0.15) is 0 Å². The van der Waals surface area contributed by atoms with E-state index in [2.05, 4.69) is 30.4 Å². The van der Waals surface area contributed by atoms with Crippen LogP contribution in [0.25, 0.3) is 0 Å². The molecule has 2 aromatic heterocycles. The molecule has 2 aliphatic rings. The summed E-state index contributed by atoms with van der Waals surface area (Å²) >= 11 is 1.59. The van der Waals surface area contributed by atoms with E-state index >= 15 is 0 Å². The number of hydrogen-bond acceptors (Lipinski definition) is 8. The van der Waals surface area contributed by atoms with Gasteiger partial charge in [-0.1, -0.05) is 11.3 Å². The third-order valence-electron chi connectivity index (χ3n) is 4.44. The zero-order valence-corrected chi connectivity index (χ0v) is 14.1. The molecule has 2 fully saturated rings. The van der Waals surface area contributed by atoms with Gasteiger partial charge in [0.1, 0.15) is 11.1 Å². The summed E-state index contributed by atoms with van der Waals surface area (Å²) in [4.78, 5) is 22.6. The molecule has 0 unspecified atom stereocenters. The quantitative estimate of drug-likeness (QED) is 0.894. The number of rotatable bonds is 3. The molecule has 2 aliphatic heterocycles. The number of aryl methyl sites for hydroxylation is 1. The Labute approximate surface area is 143 Å². The monoisotopic (exact) mass is 346 g/mol. The first-order valence-corrected chi connectivity index (χ1v) is 8.78. The van der Waals surface area contributed by atoms with Crippen LogP contribution in [0.1, 0.15) is 17.8 Å². The average molecular weight is 346 g/mol. The Balaban J connectivity index is 1.38. The highest BCUT2D eigenvalue weighted by molar-refractivity contribution is 7.15. The molecular formula is C15H18N6O2S. The Morgan fingerprint density at radius 2 is 2.33 bits per heavy atom. The Bertz CT molecular complexity index is 724. The number of amides is 1. The summed E-state index contributed by atoms with van der Waals surface area (Å²) < 4.78 is 6.01. The van der Waals surface area contributed by atoms with Gasteiger partial charge in [0.2, 0.25) is 5.13 Å². The SMILES string of the molecule is Cc1nnc(N2CC[C@H]3C[C@@H](C(=O)Nc4cnccn4)O[C@@H]3C2)s1. The number of fused-ring (bicyclic) bond motifs is 1. The van der Waals surface area contributed by atoms with Crippen LogP contribution in [0.4, 0.5) is 10.9 Å². The lowest BCUT2D eigenvalue weighted by molar-refractivity contribution is -0.126. The van der Waals surface area contributed by atoms with Crippen molar-refractivity contribution < 1.29 is 9.53 Å². The summed E-state index contributed by atoms with van der Waals surface area (Å²) in [5.74, 6) is 0.711. The molecule has 0 radical (unpaired) electrons. The number of nitrogens with zero attached hydrogens (tertiary/aromatic N) is 5. The summed E-state index contributed by atoms with van der Waals surface area (Å²) in [6, 6.07) is 0. The minimum absolute atomic E-state index is 0.0561. The van der Waals surface area contributed by atoms with Gasteiger partial charge in [0, 0.05) is 25.5 Å². The Hall–Kier alpha value is -2.13. The maximum atomic E-state index is 12.4. The smallest absolute Gasteiger partial charge is 0.254 e. The van der Waals surface area contributed by atoms with E-state index in [1.165, 1.54) is 6.20 Å². The fraction of sp³-hybridized carbons (Fsp3) is 0.533. The van der Waals surface area contributed by atoms with Crippen molar-refractivity contribution in [2.45, 2.75) is 32.0 Å². The fourth-order valence-electron chi connectivity index (χ4n) is 3.26. The number of carbonyl (C=O) groups excluding carboxylic acids is 1. The van der Waals surface area contributed by atoms with Crippen LogP contribution in [-0.4, -0.2) is 51.4 Å². The van der Waals surface area contributed by atoms with Crippen molar-refractivity contribution >= 4 is 28.2 Å². The van der Waals surface area contributed by atoms with Gasteiger partial charge >= 0.3 is 0 Å². The van der Waals surface area contributed by atoms with Crippen molar-refractivity contribution in [3.8, 4) is 0 Å². The molecule has 8 nitrogen and oxygen atoms in total. The summed E-state index contributed by atoms with van der Waals surface area (Å²) in [6.07, 6.45) is 6.02. The number of piperidine rings is 1. The third-order valence-corrected chi connectivity index (χ3v) is 5.34. The summed E-state index contributed by atoms with van der Waals surface area (Å²) in [5, 5.41) is 12.9. The Morgan fingerprint density at radius 1 is 1.42 bits per heavy atom. The van der Waals surface area contributed by atoms with Crippen LogP contribution >= 0.6 is 11.3 Å². The van der Waals surface area contributed by atoms with Gasteiger partial charge in [-0.05, 0) is 25.7 Å². The van der Waals surface area contributed by atoms with Gasteiger partial charge in [-0.15, -0.1) is 10.2 Å². The number of ether oxygens (including phenoxy) is 1. The number of nitrogens with one attached hydrogen (secondary N) is 1. The number of carbonyl (C=O) groups is 1. The molecule has 3 atom stereocenters. The first kappa shape index (κ1) is 15.4. The minimum Gasteiger partial charge on any atom is -0.363 e. The lowest BCUT2D eigenvalue weighted by atomic mass is 9.92. The van der Waals surface area contributed by atoms with Crippen LogP contribution in [0.3, 0.4) is 0 Å². The molecule has 2 saturated heterocycles. The number of hydrogen-bond donors (Lipinski definition) is 1. The van der Waals surface area contributed by atoms with E-state index in [1.54, 1.807) is 23.7 Å². The highest BCUT2D eigenvalue weighted by atomic mass is 32.1. The molecule has 1 amide bonds. The molecule has 1 N–H and O–H groups in total. The zero-order valence-electron chi connectivity index (χ0n) is 13.3. The van der Waals surface area contributed by atoms with Crippen molar-refractivity contribution in [2.24, 2.45) is 5.92 Å². The molecule has 4 heterocycles. The molecule has 4 rings (SSSR count). The van der Waals surface area contributed by atoms with Crippen molar-refractivity contribution in [3.05, 3.63) is 23.6 Å². The largest absolute Gasteiger partial charge is 0.363 e. The van der Waals surface area contributed by atoms with Crippen molar-refractivity contribution in [3.63, 3.8) is 0 Å². The molecule has 0 aliphatic carbocycles. The minimum atomic E-state index is -0.432. The average Bonchev–Trinajstić information content (AvgIpc) is 3.21. The standard InChI is InChI=1S/C15H18N6O2S/c1-9-19-20-15(24-9)21-5-2-10-6-11(23-12(10)8-21)14(22)18-13-7-16-3-4-17-13/h3-4,7,10-12H,2,5-6,8H2,1H3,(H,17,18,22)/t10-,11-,12+/m0/s1. The third kappa shape index (κ3) is 3.09. The van der Waals surface area contributed by atoms with Crippen LogP contribution in [0.2, 0.25) is 0 Å². The highest BCUT2D eigenvalue weighted by Gasteiger charge is 2.42. The van der Waals surface area contributed by atoms with E-state index < -0.39 is 6.10 Å². The molecule has 24 heavy (non-hydrogen) atoms. The topological polar surface area (TPSA) is 93.1 Å². The van der Waals surface area contributed by atoms with E-state index in [-0.39, 0.29) is 12.0 Å². The van der Waals surface area contributed by atoms with Gasteiger partial charge in [0.25, 0.3) is 5.91 Å². The second-order valence-electron chi connectivity index (χ2n) is 6.08. The summed E-state index contributed by atoms with van der Waals surface area (Å²) in [6.45, 7) is 3.64. The number of anilines is 2. The van der Waals surface area contributed by atoms with E-state index in [0.29, 0.717) is 11.7 Å². The molecule has 126 valence electrons. The van der Waals surface area contributed by atoms with E-state index in [0.717, 1.165) is 36.1 Å². The highest BCUT2D eigenvalue weighted by Crippen LogP contribution is 2.35. The lowest BCUT2D eigenvalue weighted by Crippen LogP contribution is -2.42. The number of aromatic nitrogens is 4. The van der Waals surface area contributed by atoms with Crippen LogP contribution in [-0.2, 0) is 9.53 Å². The second kappa shape index (κ2) is 6.40. The summed E-state index contributed by atoms with van der Waals surface area (Å²) in [7, 11) is 0. The second-order valence-corrected chi connectivity index (χ2v) is 7.24. The maximum Gasteiger partial charge on any atom is 0.254 e. The van der Waals surface area contributed by atoms with Gasteiger partial charge in [-0.3, -0.25) is 9.78 Å². The predicted molar refractivity (Wildman–Crippen MR) is 88.9 cm³/mol. The van der Waals surface area contributed by atoms with E-state index in [9.17, 15) is 4.79 Å². The van der Waals surface area contributed by atoms with Crippen LogP contribution in [0, 0.1) is 12.8 Å². The van der Waals surface area contributed by atoms with Gasteiger partial charge in [0.15, 0.2) is 5.82 Å². The molecule has 0 spiro atoms. The van der Waals surface area contributed by atoms with E-state index in [4.69, 9.17) is 4.74 Å². The van der Waals surface area contributed by atoms with Crippen LogP contribution in [0.15, 0.2) is 18.6 Å². The maximum absolute atomic E-state index is 12.4. The first-order valence-electron chi connectivity index (χ1n) is 7.96. The molecule has 9 heteroatoms. The fourth-order valence-corrected chi connectivity index (χ4v) is 3.98. The molecule has 0 aromatic carbocycles. The van der Waals surface area contributed by atoms with Crippen LogP contribution < -0.4 is 10.2 Å². The normalized spacial score (nSPS) is 26.2.